The molecular formula is C13H10Cl. The molecule has 0 atom stereocenters. The Kier molecular flexibility index (Phi) is 2.55. The highest BCUT2D eigenvalue weighted by Gasteiger charge is 1.99. The van der Waals surface area contributed by atoms with Gasteiger partial charge >= 0.3 is 0 Å². The van der Waals surface area contributed by atoms with Crippen LogP contribution in [0.2, 0.25) is 5.02 Å². The second-order valence-corrected chi connectivity index (χ2v) is 3.67. The van der Waals surface area contributed by atoms with E-state index in [4.69, 9.17) is 11.6 Å². The van der Waals surface area contributed by atoms with Crippen molar-refractivity contribution in [3.05, 3.63) is 59.1 Å². The largest absolute Gasteiger partial charge is 0.0843 e. The molecule has 2 aromatic rings. The van der Waals surface area contributed by atoms with Gasteiger partial charge in [0.25, 0.3) is 0 Å². The van der Waals surface area contributed by atoms with Crippen molar-refractivity contribution in [2.45, 2.75) is 6.92 Å². The van der Waals surface area contributed by atoms with Crippen molar-refractivity contribution in [1.29, 1.82) is 0 Å². The van der Waals surface area contributed by atoms with Crippen molar-refractivity contribution < 1.29 is 0 Å². The zero-order valence-electron chi connectivity index (χ0n) is 7.92. The first-order valence-electron chi connectivity index (χ1n) is 4.50. The van der Waals surface area contributed by atoms with Gasteiger partial charge in [-0.2, -0.15) is 0 Å². The number of hydrogen-bond acceptors (Lipinski definition) is 0. The van der Waals surface area contributed by atoms with Gasteiger partial charge in [0.1, 0.15) is 0 Å². The lowest BCUT2D eigenvalue weighted by molar-refractivity contribution is 1.45. The average molecular weight is 202 g/mol. The van der Waals surface area contributed by atoms with Gasteiger partial charge in [0.15, 0.2) is 0 Å². The van der Waals surface area contributed by atoms with Crippen molar-refractivity contribution in [2.24, 2.45) is 0 Å². The smallest absolute Gasteiger partial charge is 0.0406 e. The molecule has 0 heterocycles. The van der Waals surface area contributed by atoms with Gasteiger partial charge in [-0.1, -0.05) is 41.9 Å². The van der Waals surface area contributed by atoms with E-state index in [-0.39, 0.29) is 0 Å². The number of halogens is 1. The summed E-state index contributed by atoms with van der Waals surface area (Å²) in [6.07, 6.45) is 0. The third-order valence-corrected chi connectivity index (χ3v) is 2.45. The lowest BCUT2D eigenvalue weighted by Crippen LogP contribution is -1.81. The van der Waals surface area contributed by atoms with E-state index in [1.807, 2.05) is 36.4 Å². The van der Waals surface area contributed by atoms with Crippen LogP contribution in [0.4, 0.5) is 0 Å². The molecule has 0 aliphatic heterocycles. The molecule has 1 radical (unpaired) electrons. The fraction of sp³-hybridized carbons (Fsp3) is 0.0769. The summed E-state index contributed by atoms with van der Waals surface area (Å²) in [5.74, 6) is 0. The highest BCUT2D eigenvalue weighted by atomic mass is 35.5. The summed E-state index contributed by atoms with van der Waals surface area (Å²) in [6, 6.07) is 17.1. The van der Waals surface area contributed by atoms with Crippen molar-refractivity contribution in [2.75, 3.05) is 0 Å². The van der Waals surface area contributed by atoms with E-state index >= 15 is 0 Å². The molecule has 0 nitrogen and oxygen atoms in total. The van der Waals surface area contributed by atoms with Gasteiger partial charge in [0.2, 0.25) is 0 Å². The monoisotopic (exact) mass is 201 g/mol. The predicted molar refractivity (Wildman–Crippen MR) is 60.5 cm³/mol. The Labute approximate surface area is 89.2 Å². The van der Waals surface area contributed by atoms with Gasteiger partial charge in [0, 0.05) is 5.02 Å². The molecule has 0 spiro atoms. The van der Waals surface area contributed by atoms with Crippen LogP contribution in [0, 0.1) is 13.0 Å². The molecule has 2 aromatic carbocycles. The molecule has 0 amide bonds. The molecule has 0 saturated carbocycles. The molecule has 2 rings (SSSR count). The minimum absolute atomic E-state index is 0.766. The van der Waals surface area contributed by atoms with Gasteiger partial charge in [0.05, 0.1) is 0 Å². The first-order chi connectivity index (χ1) is 6.77. The van der Waals surface area contributed by atoms with Gasteiger partial charge in [-0.25, -0.2) is 0 Å². The standard InChI is InChI=1S/C13H10Cl/c1-10-4-2-3-5-13(10)11-6-8-12(14)9-7-11/h2-4,6-9H,1H3. The van der Waals surface area contributed by atoms with Crippen LogP contribution < -0.4 is 0 Å². The van der Waals surface area contributed by atoms with Crippen LogP contribution in [0.25, 0.3) is 11.1 Å². The molecular weight excluding hydrogens is 192 g/mol. The molecule has 0 aliphatic rings. The Morgan fingerprint density at radius 1 is 1.07 bits per heavy atom. The second-order valence-electron chi connectivity index (χ2n) is 3.24. The molecule has 0 bridgehead atoms. The van der Waals surface area contributed by atoms with Crippen molar-refractivity contribution >= 4 is 11.6 Å². The lowest BCUT2D eigenvalue weighted by atomic mass is 10.0. The van der Waals surface area contributed by atoms with E-state index in [1.165, 1.54) is 5.56 Å². The molecule has 0 N–H and O–H groups in total. The zero-order chi connectivity index (χ0) is 9.97. The van der Waals surface area contributed by atoms with E-state index in [0.29, 0.717) is 0 Å². The zero-order valence-corrected chi connectivity index (χ0v) is 8.68. The molecule has 14 heavy (non-hydrogen) atoms. The van der Waals surface area contributed by atoms with Crippen LogP contribution in [0.3, 0.4) is 0 Å². The Hall–Kier alpha value is -1.27. The predicted octanol–water partition coefficient (Wildman–Crippen LogP) is 4.12. The van der Waals surface area contributed by atoms with Crippen LogP contribution in [0.5, 0.6) is 0 Å². The maximum absolute atomic E-state index is 5.83. The fourth-order valence-electron chi connectivity index (χ4n) is 1.45. The maximum Gasteiger partial charge on any atom is 0.0406 e. The summed E-state index contributed by atoms with van der Waals surface area (Å²) in [4.78, 5) is 0. The third-order valence-electron chi connectivity index (χ3n) is 2.20. The quantitative estimate of drug-likeness (QED) is 0.651. The molecule has 0 aliphatic carbocycles. The SMILES string of the molecule is Cc1ccc[c]c1-c1ccc(Cl)cc1. The molecule has 0 unspecified atom stereocenters. The van der Waals surface area contributed by atoms with Gasteiger partial charge < -0.3 is 0 Å². The first-order valence-corrected chi connectivity index (χ1v) is 4.88. The van der Waals surface area contributed by atoms with Gasteiger partial charge in [-0.05, 0) is 41.8 Å². The summed E-state index contributed by atoms with van der Waals surface area (Å²) < 4.78 is 0. The van der Waals surface area contributed by atoms with E-state index in [9.17, 15) is 0 Å². The average Bonchev–Trinajstić information content (AvgIpc) is 2.20. The molecule has 1 heteroatoms. The van der Waals surface area contributed by atoms with Crippen molar-refractivity contribution in [3.8, 4) is 11.1 Å². The highest BCUT2D eigenvalue weighted by Crippen LogP contribution is 2.23. The molecule has 0 saturated heterocycles. The van der Waals surface area contributed by atoms with E-state index < -0.39 is 0 Å². The summed E-state index contributed by atoms with van der Waals surface area (Å²) in [7, 11) is 0. The number of benzene rings is 2. The van der Waals surface area contributed by atoms with Crippen LogP contribution in [0.1, 0.15) is 5.56 Å². The first kappa shape index (κ1) is 9.29. The Bertz CT molecular complexity index is 429. The van der Waals surface area contributed by atoms with Gasteiger partial charge in [-0.3, -0.25) is 0 Å². The van der Waals surface area contributed by atoms with E-state index in [2.05, 4.69) is 19.1 Å². The Morgan fingerprint density at radius 3 is 2.43 bits per heavy atom. The van der Waals surface area contributed by atoms with Crippen molar-refractivity contribution in [1.82, 2.24) is 0 Å². The Balaban J connectivity index is 2.50. The number of rotatable bonds is 1. The topological polar surface area (TPSA) is 0 Å². The lowest BCUT2D eigenvalue weighted by Gasteiger charge is -2.04. The van der Waals surface area contributed by atoms with Crippen molar-refractivity contribution in [3.63, 3.8) is 0 Å². The van der Waals surface area contributed by atoms with Crippen LogP contribution in [-0.4, -0.2) is 0 Å². The van der Waals surface area contributed by atoms with E-state index in [1.54, 1.807) is 0 Å². The Morgan fingerprint density at radius 2 is 1.79 bits per heavy atom. The second kappa shape index (κ2) is 3.85. The summed E-state index contributed by atoms with van der Waals surface area (Å²) in [5.41, 5.74) is 3.53. The number of hydrogen-bond donors (Lipinski definition) is 0. The summed E-state index contributed by atoms with van der Waals surface area (Å²) in [6.45, 7) is 2.08. The van der Waals surface area contributed by atoms with Crippen LogP contribution in [-0.2, 0) is 0 Å². The minimum atomic E-state index is 0.766. The summed E-state index contributed by atoms with van der Waals surface area (Å²) in [5, 5.41) is 0.766. The molecule has 0 aromatic heterocycles. The summed E-state index contributed by atoms with van der Waals surface area (Å²) >= 11 is 5.83. The van der Waals surface area contributed by atoms with Gasteiger partial charge in [-0.15, -0.1) is 0 Å². The maximum atomic E-state index is 5.83. The molecule has 0 fully saturated rings. The highest BCUT2D eigenvalue weighted by molar-refractivity contribution is 6.30. The minimum Gasteiger partial charge on any atom is -0.0843 e. The normalized spacial score (nSPS) is 10.1. The van der Waals surface area contributed by atoms with Crippen LogP contribution >= 0.6 is 11.6 Å². The van der Waals surface area contributed by atoms with E-state index in [0.717, 1.165) is 16.1 Å². The molecule has 69 valence electrons. The van der Waals surface area contributed by atoms with Crippen LogP contribution in [0.15, 0.2) is 42.5 Å². The number of aryl methyl sites for hydroxylation is 1. The fourth-order valence-corrected chi connectivity index (χ4v) is 1.57. The third kappa shape index (κ3) is 1.80.